The van der Waals surface area contributed by atoms with Gasteiger partial charge in [0, 0.05) is 10.8 Å². The third-order valence-electron chi connectivity index (χ3n) is 3.87. The molecule has 0 amide bonds. The Balaban J connectivity index is 1.55. The number of nitrogens with one attached hydrogen (secondary N) is 1. The molecule has 4 aromatic rings. The van der Waals surface area contributed by atoms with Crippen molar-refractivity contribution in [1.29, 1.82) is 0 Å². The van der Waals surface area contributed by atoms with E-state index in [1.54, 1.807) is 18.3 Å². The van der Waals surface area contributed by atoms with Gasteiger partial charge in [-0.2, -0.15) is 5.10 Å². The SMILES string of the molecule is Cc1ccc(/C=N\Nc2nc(-c3cc4ccccc4oc3=O)cs2)cc1. The van der Waals surface area contributed by atoms with Crippen molar-refractivity contribution in [1.82, 2.24) is 4.98 Å². The van der Waals surface area contributed by atoms with Crippen molar-refractivity contribution < 1.29 is 4.42 Å². The van der Waals surface area contributed by atoms with Crippen molar-refractivity contribution in [3.63, 3.8) is 0 Å². The summed E-state index contributed by atoms with van der Waals surface area (Å²) >= 11 is 1.38. The van der Waals surface area contributed by atoms with E-state index in [-0.39, 0.29) is 0 Å². The Labute approximate surface area is 153 Å². The van der Waals surface area contributed by atoms with Gasteiger partial charge in [0.25, 0.3) is 0 Å². The fraction of sp³-hybridized carbons (Fsp3) is 0.0500. The highest BCUT2D eigenvalue weighted by molar-refractivity contribution is 7.14. The number of hydrogen-bond acceptors (Lipinski definition) is 6. The van der Waals surface area contributed by atoms with Gasteiger partial charge in [-0.15, -0.1) is 11.3 Å². The second-order valence-electron chi connectivity index (χ2n) is 5.80. The van der Waals surface area contributed by atoms with Gasteiger partial charge in [0.15, 0.2) is 0 Å². The van der Waals surface area contributed by atoms with E-state index in [0.29, 0.717) is 22.0 Å². The highest BCUT2D eigenvalue weighted by atomic mass is 32.1. The molecule has 0 radical (unpaired) electrons. The van der Waals surface area contributed by atoms with Crippen LogP contribution in [0.2, 0.25) is 0 Å². The quantitative estimate of drug-likeness (QED) is 0.326. The van der Waals surface area contributed by atoms with Crippen molar-refractivity contribution in [2.45, 2.75) is 6.92 Å². The molecule has 2 aromatic carbocycles. The zero-order chi connectivity index (χ0) is 17.9. The molecular formula is C20H15N3O2S. The van der Waals surface area contributed by atoms with Gasteiger partial charge in [-0.25, -0.2) is 9.78 Å². The van der Waals surface area contributed by atoms with Crippen LogP contribution in [0.3, 0.4) is 0 Å². The van der Waals surface area contributed by atoms with E-state index in [0.717, 1.165) is 10.9 Å². The summed E-state index contributed by atoms with van der Waals surface area (Å²) in [4.78, 5) is 16.6. The topological polar surface area (TPSA) is 67.5 Å². The largest absolute Gasteiger partial charge is 0.422 e. The number of aromatic nitrogens is 1. The number of para-hydroxylation sites is 1. The van der Waals surface area contributed by atoms with E-state index in [1.807, 2.05) is 54.8 Å². The van der Waals surface area contributed by atoms with Crippen molar-refractivity contribution in [2.24, 2.45) is 5.10 Å². The van der Waals surface area contributed by atoms with Gasteiger partial charge >= 0.3 is 5.63 Å². The molecule has 0 atom stereocenters. The molecule has 26 heavy (non-hydrogen) atoms. The first-order chi connectivity index (χ1) is 12.7. The number of aryl methyl sites for hydroxylation is 1. The van der Waals surface area contributed by atoms with Crippen LogP contribution in [0.4, 0.5) is 5.13 Å². The summed E-state index contributed by atoms with van der Waals surface area (Å²) in [7, 11) is 0. The lowest BCUT2D eigenvalue weighted by Gasteiger charge is -1.99. The molecule has 0 aliphatic rings. The highest BCUT2D eigenvalue weighted by Gasteiger charge is 2.11. The molecule has 0 aliphatic heterocycles. The number of thiazole rings is 1. The molecule has 2 heterocycles. The number of hydrogen-bond donors (Lipinski definition) is 1. The van der Waals surface area contributed by atoms with Gasteiger partial charge in [-0.1, -0.05) is 48.0 Å². The molecule has 4 rings (SSSR count). The zero-order valence-electron chi connectivity index (χ0n) is 14.0. The Hall–Kier alpha value is -3.25. The first-order valence-electron chi connectivity index (χ1n) is 8.03. The average Bonchev–Trinajstić information content (AvgIpc) is 3.11. The normalized spacial score (nSPS) is 11.3. The Morgan fingerprint density at radius 3 is 2.81 bits per heavy atom. The number of nitrogens with zero attached hydrogens (tertiary/aromatic N) is 2. The standard InChI is InChI=1S/C20H15N3O2S/c1-13-6-8-14(9-7-13)11-21-23-20-22-17(12-26-20)16-10-15-4-2-3-5-18(15)25-19(16)24/h2-12H,1H3,(H,22,23)/b21-11-. The smallest absolute Gasteiger partial charge is 0.345 e. The van der Waals surface area contributed by atoms with Crippen LogP contribution in [0.5, 0.6) is 0 Å². The zero-order valence-corrected chi connectivity index (χ0v) is 14.8. The minimum absolute atomic E-state index is 0.399. The van der Waals surface area contributed by atoms with Crippen LogP contribution in [-0.2, 0) is 0 Å². The summed E-state index contributed by atoms with van der Waals surface area (Å²) in [5, 5.41) is 7.47. The number of hydrazone groups is 1. The van der Waals surface area contributed by atoms with Crippen molar-refractivity contribution >= 4 is 33.7 Å². The number of benzene rings is 2. The first-order valence-corrected chi connectivity index (χ1v) is 8.91. The van der Waals surface area contributed by atoms with Crippen molar-refractivity contribution in [3.05, 3.63) is 81.5 Å². The van der Waals surface area contributed by atoms with Gasteiger partial charge in [0.1, 0.15) is 5.58 Å². The molecule has 0 spiro atoms. The first kappa shape index (κ1) is 16.2. The third-order valence-corrected chi connectivity index (χ3v) is 4.62. The van der Waals surface area contributed by atoms with Gasteiger partial charge in [-0.05, 0) is 24.6 Å². The lowest BCUT2D eigenvalue weighted by atomic mass is 10.1. The summed E-state index contributed by atoms with van der Waals surface area (Å²) in [5.41, 5.74) is 6.28. The number of rotatable bonds is 4. The van der Waals surface area contributed by atoms with Gasteiger partial charge in [0.05, 0.1) is 17.5 Å². The summed E-state index contributed by atoms with van der Waals surface area (Å²) in [6, 6.07) is 17.3. The Kier molecular flexibility index (Phi) is 4.33. The maximum atomic E-state index is 12.2. The van der Waals surface area contributed by atoms with Crippen molar-refractivity contribution in [3.8, 4) is 11.3 Å². The molecule has 5 nitrogen and oxygen atoms in total. The van der Waals surface area contributed by atoms with Crippen LogP contribution >= 0.6 is 11.3 Å². The minimum atomic E-state index is -0.399. The molecular weight excluding hydrogens is 346 g/mol. The molecule has 0 unspecified atom stereocenters. The lowest BCUT2D eigenvalue weighted by molar-refractivity contribution is 0.563. The Morgan fingerprint density at radius 1 is 1.15 bits per heavy atom. The molecule has 0 saturated heterocycles. The molecule has 2 aromatic heterocycles. The van der Waals surface area contributed by atoms with Crippen LogP contribution in [-0.4, -0.2) is 11.2 Å². The second kappa shape index (κ2) is 6.93. The maximum Gasteiger partial charge on any atom is 0.345 e. The fourth-order valence-corrected chi connectivity index (χ4v) is 3.16. The fourth-order valence-electron chi connectivity index (χ4n) is 2.50. The van der Waals surface area contributed by atoms with E-state index in [9.17, 15) is 4.79 Å². The average molecular weight is 361 g/mol. The molecule has 0 bridgehead atoms. The lowest BCUT2D eigenvalue weighted by Crippen LogP contribution is -2.02. The van der Waals surface area contributed by atoms with Gasteiger partial charge in [-0.3, -0.25) is 5.43 Å². The molecule has 0 saturated carbocycles. The van der Waals surface area contributed by atoms with E-state index < -0.39 is 5.63 Å². The van der Waals surface area contributed by atoms with Crippen LogP contribution < -0.4 is 11.1 Å². The molecule has 0 aliphatic carbocycles. The second-order valence-corrected chi connectivity index (χ2v) is 6.66. The molecule has 0 fully saturated rings. The van der Waals surface area contributed by atoms with Crippen LogP contribution in [0.15, 0.2) is 74.3 Å². The van der Waals surface area contributed by atoms with E-state index >= 15 is 0 Å². The monoisotopic (exact) mass is 361 g/mol. The van der Waals surface area contributed by atoms with Crippen LogP contribution in [0.1, 0.15) is 11.1 Å². The van der Waals surface area contributed by atoms with E-state index in [1.165, 1.54) is 16.9 Å². The molecule has 1 N–H and O–H groups in total. The summed E-state index contributed by atoms with van der Waals surface area (Å²) in [6.07, 6.45) is 1.73. The van der Waals surface area contributed by atoms with Crippen LogP contribution in [0.25, 0.3) is 22.2 Å². The summed E-state index contributed by atoms with van der Waals surface area (Å²) < 4.78 is 5.36. The maximum absolute atomic E-state index is 12.2. The molecule has 128 valence electrons. The predicted octanol–water partition coefficient (Wildman–Crippen LogP) is 4.67. The number of fused-ring (bicyclic) bond motifs is 1. The summed E-state index contributed by atoms with van der Waals surface area (Å²) in [6.45, 7) is 2.04. The highest BCUT2D eigenvalue weighted by Crippen LogP contribution is 2.25. The third kappa shape index (κ3) is 3.41. The Bertz CT molecular complexity index is 1140. The van der Waals surface area contributed by atoms with Gasteiger partial charge in [0.2, 0.25) is 5.13 Å². The van der Waals surface area contributed by atoms with Crippen LogP contribution in [0, 0.1) is 6.92 Å². The number of anilines is 1. The summed E-state index contributed by atoms with van der Waals surface area (Å²) in [5.74, 6) is 0. The van der Waals surface area contributed by atoms with E-state index in [2.05, 4.69) is 15.5 Å². The minimum Gasteiger partial charge on any atom is -0.422 e. The van der Waals surface area contributed by atoms with Crippen molar-refractivity contribution in [2.75, 3.05) is 5.43 Å². The van der Waals surface area contributed by atoms with Gasteiger partial charge < -0.3 is 4.42 Å². The molecule has 6 heteroatoms. The predicted molar refractivity (Wildman–Crippen MR) is 106 cm³/mol. The van der Waals surface area contributed by atoms with E-state index in [4.69, 9.17) is 4.42 Å². The Morgan fingerprint density at radius 2 is 1.96 bits per heavy atom.